The number of carbonyl (C=O) groups excluding carboxylic acids is 1. The molecule has 23 heavy (non-hydrogen) atoms. The monoisotopic (exact) mass is 331 g/mol. The van der Waals surface area contributed by atoms with Crippen LogP contribution >= 0.6 is 11.3 Å². The van der Waals surface area contributed by atoms with Gasteiger partial charge in [-0.2, -0.15) is 0 Å². The van der Waals surface area contributed by atoms with Crippen LogP contribution in [0.4, 0.5) is 5.69 Å². The zero-order valence-electron chi connectivity index (χ0n) is 13.0. The summed E-state index contributed by atoms with van der Waals surface area (Å²) in [7, 11) is 0. The first kappa shape index (κ1) is 16.0. The zero-order valence-corrected chi connectivity index (χ0v) is 13.8. The fourth-order valence-corrected chi connectivity index (χ4v) is 3.19. The minimum Gasteiger partial charge on any atom is -0.487 e. The molecular weight excluding hydrogens is 310 g/mol. The lowest BCUT2D eigenvalue weighted by atomic mass is 10.0. The van der Waals surface area contributed by atoms with E-state index in [9.17, 15) is 4.79 Å². The number of carbonyl (C=O) groups is 1. The standard InChI is InChI=1S/C17H21N3O2S/c21-17(5-4-13-6-7-18-9-13)20-14-2-1-3-16(8-14)22-10-15-11-23-12-19-15/h1-3,8,11-13,18H,4-7,9-10H2,(H,20,21). The Kier molecular flexibility index (Phi) is 5.60. The summed E-state index contributed by atoms with van der Waals surface area (Å²) < 4.78 is 5.70. The van der Waals surface area contributed by atoms with Gasteiger partial charge in [0.05, 0.1) is 11.2 Å². The fourth-order valence-electron chi connectivity index (χ4n) is 2.65. The number of thiazole rings is 1. The average molecular weight is 331 g/mol. The molecule has 0 aliphatic carbocycles. The van der Waals surface area contributed by atoms with E-state index in [1.54, 1.807) is 16.8 Å². The minimum absolute atomic E-state index is 0.0635. The molecule has 1 amide bonds. The third-order valence-corrected chi connectivity index (χ3v) is 4.57. The SMILES string of the molecule is O=C(CCC1CCNC1)Nc1cccc(OCc2cscn2)c1. The first-order chi connectivity index (χ1) is 11.3. The van der Waals surface area contributed by atoms with Crippen LogP contribution in [0.15, 0.2) is 35.2 Å². The van der Waals surface area contributed by atoms with Gasteiger partial charge in [-0.3, -0.25) is 4.79 Å². The van der Waals surface area contributed by atoms with E-state index in [-0.39, 0.29) is 5.91 Å². The summed E-state index contributed by atoms with van der Waals surface area (Å²) in [6, 6.07) is 7.49. The second kappa shape index (κ2) is 8.08. The van der Waals surface area contributed by atoms with Gasteiger partial charge in [-0.1, -0.05) is 6.07 Å². The third kappa shape index (κ3) is 5.04. The van der Waals surface area contributed by atoms with E-state index in [4.69, 9.17) is 4.74 Å². The van der Waals surface area contributed by atoms with Crippen LogP contribution < -0.4 is 15.4 Å². The van der Waals surface area contributed by atoms with E-state index in [2.05, 4.69) is 15.6 Å². The summed E-state index contributed by atoms with van der Waals surface area (Å²) in [5.41, 5.74) is 3.47. The maximum atomic E-state index is 12.0. The molecular formula is C17H21N3O2S. The van der Waals surface area contributed by atoms with Gasteiger partial charge in [0.25, 0.3) is 0 Å². The highest BCUT2D eigenvalue weighted by Crippen LogP contribution is 2.20. The molecule has 1 fully saturated rings. The topological polar surface area (TPSA) is 63.2 Å². The number of nitrogens with one attached hydrogen (secondary N) is 2. The van der Waals surface area contributed by atoms with Gasteiger partial charge in [-0.05, 0) is 44.0 Å². The Hall–Kier alpha value is -1.92. The lowest BCUT2D eigenvalue weighted by Crippen LogP contribution is -2.15. The normalized spacial score (nSPS) is 17.1. The molecule has 2 aromatic rings. The number of hydrogen-bond acceptors (Lipinski definition) is 5. The van der Waals surface area contributed by atoms with Crippen molar-refractivity contribution in [1.29, 1.82) is 0 Å². The summed E-state index contributed by atoms with van der Waals surface area (Å²) in [5, 5.41) is 8.23. The Morgan fingerprint density at radius 3 is 3.22 bits per heavy atom. The van der Waals surface area contributed by atoms with E-state index < -0.39 is 0 Å². The van der Waals surface area contributed by atoms with E-state index in [0.717, 1.165) is 36.6 Å². The molecule has 1 aliphatic heterocycles. The van der Waals surface area contributed by atoms with Crippen LogP contribution in [0.5, 0.6) is 5.75 Å². The smallest absolute Gasteiger partial charge is 0.224 e. The number of hydrogen-bond donors (Lipinski definition) is 2. The number of aromatic nitrogens is 1. The lowest BCUT2D eigenvalue weighted by molar-refractivity contribution is -0.116. The van der Waals surface area contributed by atoms with Crippen molar-refractivity contribution in [2.24, 2.45) is 5.92 Å². The number of ether oxygens (including phenoxy) is 1. The molecule has 5 nitrogen and oxygen atoms in total. The molecule has 1 unspecified atom stereocenters. The predicted octanol–water partition coefficient (Wildman–Crippen LogP) is 3.05. The van der Waals surface area contributed by atoms with Gasteiger partial charge in [0.15, 0.2) is 0 Å². The molecule has 0 bridgehead atoms. The number of rotatable bonds is 7. The van der Waals surface area contributed by atoms with Gasteiger partial charge < -0.3 is 15.4 Å². The predicted molar refractivity (Wildman–Crippen MR) is 91.7 cm³/mol. The second-order valence-corrected chi connectivity index (χ2v) is 6.46. The Bertz CT molecular complexity index is 625. The van der Waals surface area contributed by atoms with Crippen molar-refractivity contribution in [3.05, 3.63) is 40.8 Å². The quantitative estimate of drug-likeness (QED) is 0.818. The highest BCUT2D eigenvalue weighted by molar-refractivity contribution is 7.07. The Balaban J connectivity index is 1.47. The third-order valence-electron chi connectivity index (χ3n) is 3.93. The van der Waals surface area contributed by atoms with Crippen LogP contribution in [0.25, 0.3) is 0 Å². The Morgan fingerprint density at radius 2 is 2.43 bits per heavy atom. The molecule has 1 atom stereocenters. The van der Waals surface area contributed by atoms with Crippen molar-refractivity contribution in [3.8, 4) is 5.75 Å². The summed E-state index contributed by atoms with van der Waals surface area (Å²) in [6.45, 7) is 2.55. The molecule has 1 aromatic carbocycles. The molecule has 3 rings (SSSR count). The first-order valence-corrected chi connectivity index (χ1v) is 8.84. The van der Waals surface area contributed by atoms with Crippen molar-refractivity contribution in [2.75, 3.05) is 18.4 Å². The molecule has 2 heterocycles. The van der Waals surface area contributed by atoms with Crippen molar-refractivity contribution in [1.82, 2.24) is 10.3 Å². The van der Waals surface area contributed by atoms with Crippen molar-refractivity contribution in [3.63, 3.8) is 0 Å². The average Bonchev–Trinajstić information content (AvgIpc) is 3.25. The van der Waals surface area contributed by atoms with Crippen LogP contribution in [-0.2, 0) is 11.4 Å². The molecule has 122 valence electrons. The zero-order chi connectivity index (χ0) is 15.9. The number of benzene rings is 1. The Morgan fingerprint density at radius 1 is 1.48 bits per heavy atom. The van der Waals surface area contributed by atoms with Crippen LogP contribution in [0.3, 0.4) is 0 Å². The maximum Gasteiger partial charge on any atom is 0.224 e. The van der Waals surface area contributed by atoms with Gasteiger partial charge >= 0.3 is 0 Å². The van der Waals surface area contributed by atoms with Crippen LogP contribution in [0.2, 0.25) is 0 Å². The van der Waals surface area contributed by atoms with E-state index in [1.807, 2.05) is 29.6 Å². The molecule has 1 saturated heterocycles. The lowest BCUT2D eigenvalue weighted by Gasteiger charge is -2.10. The molecule has 2 N–H and O–H groups in total. The van der Waals surface area contributed by atoms with E-state index in [0.29, 0.717) is 18.9 Å². The van der Waals surface area contributed by atoms with Crippen molar-refractivity contribution < 1.29 is 9.53 Å². The van der Waals surface area contributed by atoms with Crippen LogP contribution in [-0.4, -0.2) is 24.0 Å². The van der Waals surface area contributed by atoms with Crippen LogP contribution in [0, 0.1) is 5.92 Å². The van der Waals surface area contributed by atoms with Gasteiger partial charge in [-0.25, -0.2) is 4.98 Å². The second-order valence-electron chi connectivity index (χ2n) is 5.74. The van der Waals surface area contributed by atoms with E-state index >= 15 is 0 Å². The summed E-state index contributed by atoms with van der Waals surface area (Å²) >= 11 is 1.55. The Labute approximate surface area is 140 Å². The number of amides is 1. The van der Waals surface area contributed by atoms with Gasteiger partial charge in [0.1, 0.15) is 12.4 Å². The number of nitrogens with zero attached hydrogens (tertiary/aromatic N) is 1. The molecule has 0 radical (unpaired) electrons. The molecule has 1 aromatic heterocycles. The first-order valence-electron chi connectivity index (χ1n) is 7.90. The summed E-state index contributed by atoms with van der Waals surface area (Å²) in [5.74, 6) is 1.43. The highest BCUT2D eigenvalue weighted by Gasteiger charge is 2.15. The van der Waals surface area contributed by atoms with Gasteiger partial charge in [-0.15, -0.1) is 11.3 Å². The highest BCUT2D eigenvalue weighted by atomic mass is 32.1. The van der Waals surface area contributed by atoms with Crippen molar-refractivity contribution in [2.45, 2.75) is 25.9 Å². The molecule has 1 aliphatic rings. The summed E-state index contributed by atoms with van der Waals surface area (Å²) in [4.78, 5) is 16.2. The maximum absolute atomic E-state index is 12.0. The molecule has 0 saturated carbocycles. The van der Waals surface area contributed by atoms with E-state index in [1.165, 1.54) is 6.42 Å². The van der Waals surface area contributed by atoms with Gasteiger partial charge in [0.2, 0.25) is 5.91 Å². The summed E-state index contributed by atoms with van der Waals surface area (Å²) in [6.07, 6.45) is 2.68. The number of anilines is 1. The molecule has 6 heteroatoms. The fraction of sp³-hybridized carbons (Fsp3) is 0.412. The van der Waals surface area contributed by atoms with Gasteiger partial charge in [0, 0.05) is 23.6 Å². The van der Waals surface area contributed by atoms with Crippen molar-refractivity contribution >= 4 is 22.9 Å². The largest absolute Gasteiger partial charge is 0.487 e. The minimum atomic E-state index is 0.0635. The molecule has 0 spiro atoms. The van der Waals surface area contributed by atoms with Crippen LogP contribution in [0.1, 0.15) is 25.0 Å².